The minimum absolute atomic E-state index is 0.0198. The van der Waals surface area contributed by atoms with E-state index in [1.807, 2.05) is 0 Å². The first kappa shape index (κ1) is 26.8. The number of carbonyl (C=O) groups is 6. The van der Waals surface area contributed by atoms with Gasteiger partial charge in [0.15, 0.2) is 0 Å². The lowest BCUT2D eigenvalue weighted by Gasteiger charge is -2.43. The number of benzene rings is 1. The first-order valence-electron chi connectivity index (χ1n) is 12.0. The van der Waals surface area contributed by atoms with Crippen LogP contribution in [0.5, 0.6) is 0 Å². The number of esters is 1. The van der Waals surface area contributed by atoms with Crippen LogP contribution in [0.3, 0.4) is 0 Å². The smallest absolute Gasteiger partial charge is 0.308 e. The normalized spacial score (nSPS) is 21.1. The molecular formula is C25H32N4O7. The molecule has 2 aliphatic heterocycles. The van der Waals surface area contributed by atoms with Gasteiger partial charge in [0, 0.05) is 18.5 Å². The average Bonchev–Trinajstić information content (AvgIpc) is 2.95. The van der Waals surface area contributed by atoms with E-state index in [0.29, 0.717) is 18.3 Å². The zero-order valence-electron chi connectivity index (χ0n) is 20.7. The lowest BCUT2D eigenvalue weighted by Crippen LogP contribution is -2.64. The van der Waals surface area contributed by atoms with Crippen LogP contribution in [0.2, 0.25) is 0 Å². The molecule has 1 aromatic rings. The summed E-state index contributed by atoms with van der Waals surface area (Å²) in [4.78, 5) is 75.8. The van der Waals surface area contributed by atoms with Crippen molar-refractivity contribution in [3.8, 4) is 0 Å². The van der Waals surface area contributed by atoms with Crippen LogP contribution in [0.4, 0.5) is 0 Å². The van der Waals surface area contributed by atoms with Crippen molar-refractivity contribution in [2.24, 2.45) is 0 Å². The van der Waals surface area contributed by atoms with E-state index in [9.17, 15) is 28.8 Å². The topological polar surface area (TPSA) is 142 Å². The van der Waals surface area contributed by atoms with Gasteiger partial charge in [-0.15, -0.1) is 0 Å². The molecular weight excluding hydrogens is 468 g/mol. The maximum atomic E-state index is 13.5. The highest BCUT2D eigenvalue weighted by atomic mass is 16.6. The van der Waals surface area contributed by atoms with E-state index in [1.165, 1.54) is 5.01 Å². The molecule has 0 spiro atoms. The van der Waals surface area contributed by atoms with Gasteiger partial charge in [-0.2, -0.15) is 0 Å². The maximum absolute atomic E-state index is 13.5. The highest BCUT2D eigenvalue weighted by Gasteiger charge is 2.45. The van der Waals surface area contributed by atoms with Crippen LogP contribution < -0.4 is 10.6 Å². The van der Waals surface area contributed by atoms with Gasteiger partial charge in [0.1, 0.15) is 24.0 Å². The zero-order valence-corrected chi connectivity index (χ0v) is 20.7. The number of ether oxygens (including phenoxy) is 1. The molecule has 3 unspecified atom stereocenters. The van der Waals surface area contributed by atoms with E-state index >= 15 is 0 Å². The highest BCUT2D eigenvalue weighted by molar-refractivity contribution is 6.00. The largest absolute Gasteiger partial charge is 0.460 e. The summed E-state index contributed by atoms with van der Waals surface area (Å²) in [5.41, 5.74) is -0.391. The molecule has 0 aromatic heterocycles. The van der Waals surface area contributed by atoms with Crippen LogP contribution in [0.1, 0.15) is 63.2 Å². The third-order valence-corrected chi connectivity index (χ3v) is 5.80. The minimum Gasteiger partial charge on any atom is -0.460 e. The summed E-state index contributed by atoms with van der Waals surface area (Å²) in [5, 5.41) is 7.52. The molecule has 36 heavy (non-hydrogen) atoms. The molecule has 0 aliphatic carbocycles. The van der Waals surface area contributed by atoms with E-state index in [2.05, 4.69) is 10.6 Å². The average molecular weight is 501 g/mol. The van der Waals surface area contributed by atoms with Crippen molar-refractivity contribution in [2.75, 3.05) is 6.54 Å². The number of amides is 4. The molecule has 2 saturated heterocycles. The summed E-state index contributed by atoms with van der Waals surface area (Å²) in [6.07, 6.45) is 0.885. The molecule has 11 heteroatoms. The summed E-state index contributed by atoms with van der Waals surface area (Å²) in [6, 6.07) is 5.12. The summed E-state index contributed by atoms with van der Waals surface area (Å²) in [7, 11) is 0. The van der Waals surface area contributed by atoms with Gasteiger partial charge < -0.3 is 20.2 Å². The number of hydrazine groups is 1. The van der Waals surface area contributed by atoms with Gasteiger partial charge >= 0.3 is 5.97 Å². The van der Waals surface area contributed by atoms with Crippen molar-refractivity contribution in [2.45, 2.75) is 76.6 Å². The Morgan fingerprint density at radius 3 is 2.47 bits per heavy atom. The quantitative estimate of drug-likeness (QED) is 0.415. The molecule has 2 fully saturated rings. The van der Waals surface area contributed by atoms with Crippen LogP contribution in [-0.4, -0.2) is 76.2 Å². The maximum Gasteiger partial charge on any atom is 0.308 e. The zero-order chi connectivity index (χ0) is 26.5. The number of nitrogens with zero attached hydrogens (tertiary/aromatic N) is 2. The number of carbonyl (C=O) groups excluding carboxylic acids is 6. The van der Waals surface area contributed by atoms with E-state index in [0.717, 1.165) is 5.01 Å². The Hall–Kier alpha value is -3.76. The fraction of sp³-hybridized carbons (Fsp3) is 0.520. The predicted molar refractivity (Wildman–Crippen MR) is 127 cm³/mol. The molecule has 1 aromatic carbocycles. The van der Waals surface area contributed by atoms with Crippen LogP contribution in [0, 0.1) is 0 Å². The first-order chi connectivity index (χ1) is 17.0. The Labute approximate surface area is 209 Å². The summed E-state index contributed by atoms with van der Waals surface area (Å²) in [5.74, 6) is -2.71. The highest BCUT2D eigenvalue weighted by Crippen LogP contribution is 2.25. The Morgan fingerprint density at radius 1 is 1.14 bits per heavy atom. The second-order valence-corrected chi connectivity index (χ2v) is 9.83. The molecule has 3 rings (SSSR count). The monoisotopic (exact) mass is 500 g/mol. The van der Waals surface area contributed by atoms with Gasteiger partial charge in [-0.3, -0.25) is 29.0 Å². The van der Waals surface area contributed by atoms with Crippen LogP contribution in [0.25, 0.3) is 0 Å². The number of aldehydes is 1. The van der Waals surface area contributed by atoms with E-state index < -0.39 is 47.4 Å². The molecule has 3 atom stereocenters. The van der Waals surface area contributed by atoms with Crippen molar-refractivity contribution in [1.29, 1.82) is 0 Å². The SMILES string of the molecule is CC(C)(C)OC(=O)CC(C=O)NC(=O)C1CCCN2C(=O)CCC(NC(=O)c3ccccc3)C(=O)N12. The first-order valence-corrected chi connectivity index (χ1v) is 12.0. The summed E-state index contributed by atoms with van der Waals surface area (Å²) >= 11 is 0. The Morgan fingerprint density at radius 2 is 1.83 bits per heavy atom. The number of rotatable bonds is 7. The molecule has 0 radical (unpaired) electrons. The molecule has 2 heterocycles. The van der Waals surface area contributed by atoms with E-state index in [-0.39, 0.29) is 38.1 Å². The molecule has 194 valence electrons. The van der Waals surface area contributed by atoms with Gasteiger partial charge in [-0.05, 0) is 52.2 Å². The van der Waals surface area contributed by atoms with Crippen molar-refractivity contribution >= 4 is 35.9 Å². The van der Waals surface area contributed by atoms with Crippen molar-refractivity contribution in [3.05, 3.63) is 35.9 Å². The third-order valence-electron chi connectivity index (χ3n) is 5.80. The molecule has 0 bridgehead atoms. The van der Waals surface area contributed by atoms with Gasteiger partial charge in [0.05, 0.1) is 12.5 Å². The van der Waals surface area contributed by atoms with Gasteiger partial charge in [-0.25, -0.2) is 5.01 Å². The predicted octanol–water partition coefficient (Wildman–Crippen LogP) is 0.729. The van der Waals surface area contributed by atoms with Crippen molar-refractivity contribution in [3.63, 3.8) is 0 Å². The van der Waals surface area contributed by atoms with E-state index in [1.54, 1.807) is 51.1 Å². The van der Waals surface area contributed by atoms with E-state index in [4.69, 9.17) is 4.74 Å². The van der Waals surface area contributed by atoms with Crippen LogP contribution in [-0.2, 0) is 28.7 Å². The molecule has 2 aliphatic rings. The fourth-order valence-corrected chi connectivity index (χ4v) is 4.21. The minimum atomic E-state index is -1.16. The second-order valence-electron chi connectivity index (χ2n) is 9.83. The lowest BCUT2D eigenvalue weighted by atomic mass is 10.0. The molecule has 0 saturated carbocycles. The van der Waals surface area contributed by atoms with Crippen molar-refractivity contribution in [1.82, 2.24) is 20.7 Å². The van der Waals surface area contributed by atoms with Gasteiger partial charge in [0.2, 0.25) is 11.8 Å². The molecule has 2 N–H and O–H groups in total. The van der Waals surface area contributed by atoms with Crippen LogP contribution >= 0.6 is 0 Å². The Balaban J connectivity index is 1.75. The Bertz CT molecular complexity index is 1020. The van der Waals surface area contributed by atoms with Gasteiger partial charge in [0.25, 0.3) is 11.8 Å². The van der Waals surface area contributed by atoms with Crippen molar-refractivity contribution < 1.29 is 33.5 Å². The fourth-order valence-electron chi connectivity index (χ4n) is 4.21. The number of fused-ring (bicyclic) bond motifs is 1. The lowest BCUT2D eigenvalue weighted by molar-refractivity contribution is -0.176. The van der Waals surface area contributed by atoms with Gasteiger partial charge in [-0.1, -0.05) is 18.2 Å². The standard InChI is InChI=1S/C25H32N4O7/c1-25(2,3)36-21(32)14-17(15-30)26-23(34)19-10-7-13-28-20(31)12-11-18(24(35)29(19)28)27-22(33)16-8-5-4-6-9-16/h4-6,8-9,15,17-19H,7,10-14H2,1-3H3,(H,26,34)(H,27,33). The molecule has 4 amide bonds. The number of hydrogen-bond acceptors (Lipinski definition) is 7. The number of nitrogens with one attached hydrogen (secondary N) is 2. The second kappa shape index (κ2) is 11.3. The number of hydrogen-bond donors (Lipinski definition) is 2. The Kier molecular flexibility index (Phi) is 8.44. The third kappa shape index (κ3) is 6.67. The van der Waals surface area contributed by atoms with Crippen LogP contribution in [0.15, 0.2) is 30.3 Å². The summed E-state index contributed by atoms with van der Waals surface area (Å²) in [6.45, 7) is 5.31. The molecule has 11 nitrogen and oxygen atoms in total. The summed E-state index contributed by atoms with van der Waals surface area (Å²) < 4.78 is 5.21.